The molecule has 3 aromatic rings. The molecule has 0 bridgehead atoms. The van der Waals surface area contributed by atoms with Gasteiger partial charge in [0.25, 0.3) is 0 Å². The Balaban J connectivity index is 1.34. The number of carboxylic acids is 1. The van der Waals surface area contributed by atoms with E-state index in [1.165, 1.54) is 18.0 Å². The summed E-state index contributed by atoms with van der Waals surface area (Å²) < 4.78 is 11.2. The second-order valence-electron chi connectivity index (χ2n) is 7.86. The number of carbonyl (C=O) groups excluding carboxylic acids is 1. The van der Waals surface area contributed by atoms with Crippen molar-refractivity contribution in [3.05, 3.63) is 47.3 Å². The number of hydrogen-bond acceptors (Lipinski definition) is 6. The molecule has 2 aliphatic rings. The monoisotopic (exact) mass is 422 g/mol. The number of aryl methyl sites for hydroxylation is 1. The van der Waals surface area contributed by atoms with Crippen LogP contribution in [0.5, 0.6) is 11.6 Å². The minimum atomic E-state index is -1.08. The second kappa shape index (κ2) is 7.99. The Morgan fingerprint density at radius 2 is 2.06 bits per heavy atom. The van der Waals surface area contributed by atoms with Crippen LogP contribution in [0.3, 0.4) is 0 Å². The molecule has 1 fully saturated rings. The number of aromatic amines is 1. The number of fused-ring (bicyclic) bond motifs is 2. The first-order valence-corrected chi connectivity index (χ1v) is 10.3. The number of nitrogens with one attached hydrogen (secondary N) is 2. The highest BCUT2D eigenvalue weighted by Gasteiger charge is 2.28. The van der Waals surface area contributed by atoms with Crippen LogP contribution in [0.4, 0.5) is 0 Å². The van der Waals surface area contributed by atoms with Crippen molar-refractivity contribution in [1.29, 1.82) is 0 Å². The van der Waals surface area contributed by atoms with Crippen molar-refractivity contribution in [3.8, 4) is 11.6 Å². The molecule has 9 nitrogen and oxygen atoms in total. The topological polar surface area (TPSA) is 126 Å². The van der Waals surface area contributed by atoms with E-state index in [4.69, 9.17) is 9.47 Å². The molecule has 1 aromatic carbocycles. The molecular weight excluding hydrogens is 400 g/mol. The summed E-state index contributed by atoms with van der Waals surface area (Å²) in [7, 11) is 0. The first-order chi connectivity index (χ1) is 15.1. The minimum absolute atomic E-state index is 0.00372. The van der Waals surface area contributed by atoms with Gasteiger partial charge in [-0.25, -0.2) is 14.8 Å². The van der Waals surface area contributed by atoms with Gasteiger partial charge in [0.15, 0.2) is 5.65 Å². The average molecular weight is 422 g/mol. The number of aromatic carboxylic acids is 1. The number of carbonyl (C=O) groups is 2. The number of nitrogens with zero attached hydrogens (tertiary/aromatic N) is 2. The lowest BCUT2D eigenvalue weighted by Crippen LogP contribution is -2.36. The second-order valence-corrected chi connectivity index (χ2v) is 7.86. The van der Waals surface area contributed by atoms with Crippen molar-refractivity contribution in [2.45, 2.75) is 31.7 Å². The number of H-pyrrole nitrogens is 1. The summed E-state index contributed by atoms with van der Waals surface area (Å²) in [6, 6.07) is 5.71. The molecule has 3 heterocycles. The Kier molecular flexibility index (Phi) is 5.03. The lowest BCUT2D eigenvalue weighted by Gasteiger charge is -2.23. The number of rotatable bonds is 5. The zero-order valence-corrected chi connectivity index (χ0v) is 16.8. The van der Waals surface area contributed by atoms with Crippen LogP contribution in [0.15, 0.2) is 30.6 Å². The largest absolute Gasteiger partial charge is 0.478 e. The first kappa shape index (κ1) is 19.5. The van der Waals surface area contributed by atoms with Crippen LogP contribution in [-0.4, -0.2) is 45.1 Å². The van der Waals surface area contributed by atoms with Gasteiger partial charge >= 0.3 is 5.97 Å². The summed E-state index contributed by atoms with van der Waals surface area (Å²) in [6.45, 7) is 1.26. The number of benzene rings is 1. The molecule has 0 unspecified atom stereocenters. The summed E-state index contributed by atoms with van der Waals surface area (Å²) in [5.41, 5.74) is 2.89. The molecule has 3 N–H and O–H groups in total. The van der Waals surface area contributed by atoms with Crippen LogP contribution in [0, 0.1) is 5.92 Å². The third kappa shape index (κ3) is 3.84. The van der Waals surface area contributed by atoms with Gasteiger partial charge < -0.3 is 24.9 Å². The van der Waals surface area contributed by atoms with Gasteiger partial charge in [-0.05, 0) is 48.9 Å². The molecule has 31 heavy (non-hydrogen) atoms. The van der Waals surface area contributed by atoms with E-state index in [9.17, 15) is 14.7 Å². The lowest BCUT2D eigenvalue weighted by molar-refractivity contribution is -0.128. The molecule has 1 aliphatic heterocycles. The van der Waals surface area contributed by atoms with Crippen molar-refractivity contribution in [2.24, 2.45) is 5.92 Å². The summed E-state index contributed by atoms with van der Waals surface area (Å²) in [6.07, 6.45) is 6.07. The molecule has 1 amide bonds. The smallest absolute Gasteiger partial charge is 0.339 e. The highest BCUT2D eigenvalue weighted by Crippen LogP contribution is 2.35. The average Bonchev–Trinajstić information content (AvgIpc) is 3.38. The number of aromatic nitrogens is 3. The van der Waals surface area contributed by atoms with E-state index in [1.54, 1.807) is 0 Å². The zero-order valence-electron chi connectivity index (χ0n) is 16.8. The Morgan fingerprint density at radius 1 is 1.23 bits per heavy atom. The van der Waals surface area contributed by atoms with Crippen LogP contribution in [0.1, 0.15) is 46.8 Å². The molecule has 5 rings (SSSR count). The number of hydrogen-bond donors (Lipinski definition) is 3. The van der Waals surface area contributed by atoms with E-state index in [-0.39, 0.29) is 34.8 Å². The standard InChI is InChI=1S/C22H22N4O5/c27-21(13-5-7-30-8-6-13)25-17-4-2-12-1-3-14(9-15(12)17)31-18-11-24-20-19(26-18)16(10-23-20)22(28)29/h1,3,9-11,13,17H,2,4-8H2,(H,23,24)(H,25,27)(H,28,29)/t17-/m1/s1. The molecule has 0 spiro atoms. The summed E-state index contributed by atoms with van der Waals surface area (Å²) >= 11 is 0. The van der Waals surface area contributed by atoms with Crippen molar-refractivity contribution in [3.63, 3.8) is 0 Å². The number of carboxylic acid groups (broad SMARTS) is 1. The van der Waals surface area contributed by atoms with Gasteiger partial charge in [-0.3, -0.25) is 4.79 Å². The van der Waals surface area contributed by atoms with Gasteiger partial charge in [-0.15, -0.1) is 0 Å². The van der Waals surface area contributed by atoms with Crippen LogP contribution in [-0.2, 0) is 16.0 Å². The van der Waals surface area contributed by atoms with Gasteiger partial charge in [0.2, 0.25) is 11.8 Å². The zero-order chi connectivity index (χ0) is 21.4. The maximum atomic E-state index is 12.7. The molecule has 2 aromatic heterocycles. The van der Waals surface area contributed by atoms with Crippen LogP contribution >= 0.6 is 0 Å². The predicted octanol–water partition coefficient (Wildman–Crippen LogP) is 2.98. The molecule has 1 atom stereocenters. The van der Waals surface area contributed by atoms with E-state index in [0.29, 0.717) is 24.6 Å². The van der Waals surface area contributed by atoms with E-state index in [0.717, 1.165) is 31.2 Å². The summed E-state index contributed by atoms with van der Waals surface area (Å²) in [5.74, 6) is -0.234. The Morgan fingerprint density at radius 3 is 2.87 bits per heavy atom. The highest BCUT2D eigenvalue weighted by atomic mass is 16.5. The molecule has 0 radical (unpaired) electrons. The first-order valence-electron chi connectivity index (χ1n) is 10.3. The molecule has 9 heteroatoms. The molecule has 0 saturated carbocycles. The summed E-state index contributed by atoms with van der Waals surface area (Å²) in [4.78, 5) is 35.3. The minimum Gasteiger partial charge on any atom is -0.478 e. The quantitative estimate of drug-likeness (QED) is 0.577. The highest BCUT2D eigenvalue weighted by molar-refractivity contribution is 6.00. The fraction of sp³-hybridized carbons (Fsp3) is 0.364. The van der Waals surface area contributed by atoms with Crippen molar-refractivity contribution < 1.29 is 24.2 Å². The third-order valence-corrected chi connectivity index (χ3v) is 5.92. The van der Waals surface area contributed by atoms with Gasteiger partial charge in [0.1, 0.15) is 16.8 Å². The lowest BCUT2D eigenvalue weighted by atomic mass is 9.98. The molecule has 1 saturated heterocycles. The maximum absolute atomic E-state index is 12.7. The Hall–Kier alpha value is -3.46. The van der Waals surface area contributed by atoms with Crippen LogP contribution < -0.4 is 10.1 Å². The summed E-state index contributed by atoms with van der Waals surface area (Å²) in [5, 5.41) is 12.5. The number of amides is 1. The molecule has 160 valence electrons. The third-order valence-electron chi connectivity index (χ3n) is 5.92. The SMILES string of the molecule is O=C(O)c1c[nH]c2ncc(Oc3ccc4c(c3)[C@H](NC(=O)C3CCOCC3)CC4)nc12. The molecule has 1 aliphatic carbocycles. The number of ether oxygens (including phenoxy) is 2. The van der Waals surface area contributed by atoms with Crippen molar-refractivity contribution in [1.82, 2.24) is 20.3 Å². The van der Waals surface area contributed by atoms with E-state index in [1.807, 2.05) is 18.2 Å². The van der Waals surface area contributed by atoms with Gasteiger partial charge in [0.05, 0.1) is 12.2 Å². The van der Waals surface area contributed by atoms with Gasteiger partial charge in [-0.1, -0.05) is 6.07 Å². The Bertz CT molecular complexity index is 1150. The van der Waals surface area contributed by atoms with E-state index >= 15 is 0 Å². The normalized spacial score (nSPS) is 18.6. The fourth-order valence-electron chi connectivity index (χ4n) is 4.25. The Labute approximate surface area is 177 Å². The van der Waals surface area contributed by atoms with E-state index in [2.05, 4.69) is 20.3 Å². The van der Waals surface area contributed by atoms with Gasteiger partial charge in [0, 0.05) is 25.3 Å². The maximum Gasteiger partial charge on any atom is 0.339 e. The van der Waals surface area contributed by atoms with Crippen molar-refractivity contribution in [2.75, 3.05) is 13.2 Å². The van der Waals surface area contributed by atoms with Gasteiger partial charge in [-0.2, -0.15) is 0 Å². The van der Waals surface area contributed by atoms with Crippen molar-refractivity contribution >= 4 is 23.0 Å². The fourth-order valence-corrected chi connectivity index (χ4v) is 4.25. The van der Waals surface area contributed by atoms with Crippen LogP contribution in [0.2, 0.25) is 0 Å². The van der Waals surface area contributed by atoms with Crippen LogP contribution in [0.25, 0.3) is 11.2 Å². The predicted molar refractivity (Wildman–Crippen MR) is 110 cm³/mol. The molecular formula is C22H22N4O5. The van der Waals surface area contributed by atoms with E-state index < -0.39 is 5.97 Å².